The van der Waals surface area contributed by atoms with Crippen LogP contribution in [0.1, 0.15) is 5.56 Å². The van der Waals surface area contributed by atoms with Crippen LogP contribution < -0.4 is 5.32 Å². The summed E-state index contributed by atoms with van der Waals surface area (Å²) in [6.45, 7) is 0.458. The Morgan fingerprint density at radius 1 is 1.05 bits per heavy atom. The highest BCUT2D eigenvalue weighted by molar-refractivity contribution is 9.10. The summed E-state index contributed by atoms with van der Waals surface area (Å²) < 4.78 is 13.7. The quantitative estimate of drug-likeness (QED) is 0.669. The Hall–Kier alpha value is -0.480. The molecule has 0 spiro atoms. The van der Waals surface area contributed by atoms with Gasteiger partial charge < -0.3 is 5.32 Å². The molecule has 19 heavy (non-hydrogen) atoms. The average molecular weight is 383 g/mol. The highest BCUT2D eigenvalue weighted by Crippen LogP contribution is 2.32. The first-order valence-electron chi connectivity index (χ1n) is 5.29. The van der Waals surface area contributed by atoms with Crippen LogP contribution in [0.25, 0.3) is 0 Å². The molecule has 6 heteroatoms. The molecule has 0 heterocycles. The normalized spacial score (nSPS) is 10.6. The lowest BCUT2D eigenvalue weighted by Gasteiger charge is -2.12. The summed E-state index contributed by atoms with van der Waals surface area (Å²) in [6.07, 6.45) is 0. The minimum absolute atomic E-state index is 0.303. The SMILES string of the molecule is Fc1cc(Cl)c(NCc2ccc(Cl)cc2Cl)c(Br)c1. The number of hydrogen-bond donors (Lipinski definition) is 1. The Kier molecular flexibility index (Phi) is 4.96. The predicted octanol–water partition coefficient (Wildman–Crippen LogP) is 6.16. The van der Waals surface area contributed by atoms with Crippen molar-refractivity contribution in [1.29, 1.82) is 0 Å². The number of anilines is 1. The molecule has 0 aromatic heterocycles. The van der Waals surface area contributed by atoms with Gasteiger partial charge in [0.05, 0.1) is 10.7 Å². The van der Waals surface area contributed by atoms with E-state index in [9.17, 15) is 4.39 Å². The van der Waals surface area contributed by atoms with Gasteiger partial charge in [0.1, 0.15) is 5.82 Å². The smallest absolute Gasteiger partial charge is 0.125 e. The first kappa shape index (κ1) is 14.9. The van der Waals surface area contributed by atoms with Crippen LogP contribution in [0, 0.1) is 5.82 Å². The van der Waals surface area contributed by atoms with E-state index in [0.29, 0.717) is 31.8 Å². The molecule has 0 bridgehead atoms. The Balaban J connectivity index is 2.19. The standard InChI is InChI=1S/C13H8BrCl3FN/c14-10-4-9(18)5-12(17)13(10)19-6-7-1-2-8(15)3-11(7)16/h1-5,19H,6H2. The number of nitrogens with one attached hydrogen (secondary N) is 1. The average Bonchev–Trinajstić information content (AvgIpc) is 2.30. The molecule has 2 rings (SSSR count). The molecule has 2 aromatic rings. The van der Waals surface area contributed by atoms with E-state index in [1.54, 1.807) is 12.1 Å². The van der Waals surface area contributed by atoms with E-state index in [0.717, 1.165) is 5.56 Å². The maximum atomic E-state index is 13.1. The van der Waals surface area contributed by atoms with Crippen LogP contribution in [0.2, 0.25) is 15.1 Å². The third kappa shape index (κ3) is 3.76. The minimum Gasteiger partial charge on any atom is -0.379 e. The topological polar surface area (TPSA) is 12.0 Å². The summed E-state index contributed by atoms with van der Waals surface area (Å²) in [4.78, 5) is 0. The first-order valence-corrected chi connectivity index (χ1v) is 7.22. The van der Waals surface area contributed by atoms with Gasteiger partial charge in [-0.1, -0.05) is 40.9 Å². The van der Waals surface area contributed by atoms with Crippen LogP contribution in [0.5, 0.6) is 0 Å². The fourth-order valence-electron chi connectivity index (χ4n) is 1.56. The molecule has 0 unspecified atom stereocenters. The highest BCUT2D eigenvalue weighted by Gasteiger charge is 2.09. The van der Waals surface area contributed by atoms with Crippen molar-refractivity contribution in [2.24, 2.45) is 0 Å². The molecule has 0 amide bonds. The molecule has 0 aliphatic heterocycles. The summed E-state index contributed by atoms with van der Waals surface area (Å²) in [5.74, 6) is -0.396. The van der Waals surface area contributed by atoms with Gasteiger partial charge in [0.15, 0.2) is 0 Å². The monoisotopic (exact) mass is 381 g/mol. The molecule has 0 radical (unpaired) electrons. The number of hydrogen-bond acceptors (Lipinski definition) is 1. The molecule has 0 fully saturated rings. The van der Waals surface area contributed by atoms with Crippen LogP contribution >= 0.6 is 50.7 Å². The summed E-state index contributed by atoms with van der Waals surface area (Å²) >= 11 is 21.1. The Morgan fingerprint density at radius 3 is 2.42 bits per heavy atom. The number of rotatable bonds is 3. The van der Waals surface area contributed by atoms with Gasteiger partial charge in [-0.15, -0.1) is 0 Å². The maximum Gasteiger partial charge on any atom is 0.125 e. The van der Waals surface area contributed by atoms with Crippen molar-refractivity contribution < 1.29 is 4.39 Å². The first-order chi connectivity index (χ1) is 8.97. The molecular weight excluding hydrogens is 375 g/mol. The van der Waals surface area contributed by atoms with Gasteiger partial charge in [-0.05, 0) is 45.8 Å². The second-order valence-electron chi connectivity index (χ2n) is 3.83. The minimum atomic E-state index is -0.396. The van der Waals surface area contributed by atoms with Gasteiger partial charge in [0.2, 0.25) is 0 Å². The van der Waals surface area contributed by atoms with Crippen molar-refractivity contribution in [2.75, 3.05) is 5.32 Å². The Morgan fingerprint density at radius 2 is 1.79 bits per heavy atom. The van der Waals surface area contributed by atoms with Crippen LogP contribution in [-0.4, -0.2) is 0 Å². The van der Waals surface area contributed by atoms with E-state index >= 15 is 0 Å². The van der Waals surface area contributed by atoms with Crippen molar-refractivity contribution in [3.05, 3.63) is 61.3 Å². The van der Waals surface area contributed by atoms with Crippen molar-refractivity contribution in [3.63, 3.8) is 0 Å². The lowest BCUT2D eigenvalue weighted by Crippen LogP contribution is -2.01. The van der Waals surface area contributed by atoms with Crippen molar-refractivity contribution in [2.45, 2.75) is 6.54 Å². The predicted molar refractivity (Wildman–Crippen MR) is 82.9 cm³/mol. The fourth-order valence-corrected chi connectivity index (χ4v) is 2.99. The molecule has 2 aromatic carbocycles. The molecule has 1 N–H and O–H groups in total. The zero-order chi connectivity index (χ0) is 14.0. The molecule has 0 aliphatic carbocycles. The van der Waals surface area contributed by atoms with Gasteiger partial charge in [0, 0.05) is 21.1 Å². The van der Waals surface area contributed by atoms with Crippen molar-refractivity contribution in [1.82, 2.24) is 0 Å². The fraction of sp³-hybridized carbons (Fsp3) is 0.0769. The van der Waals surface area contributed by atoms with Gasteiger partial charge in [-0.2, -0.15) is 0 Å². The van der Waals surface area contributed by atoms with Crippen LogP contribution in [-0.2, 0) is 6.54 Å². The van der Waals surface area contributed by atoms with E-state index in [-0.39, 0.29) is 0 Å². The number of benzene rings is 2. The van der Waals surface area contributed by atoms with E-state index in [1.807, 2.05) is 6.07 Å². The van der Waals surface area contributed by atoms with Gasteiger partial charge in [-0.3, -0.25) is 0 Å². The summed E-state index contributed by atoms with van der Waals surface area (Å²) in [5, 5.41) is 4.56. The van der Waals surface area contributed by atoms with Crippen molar-refractivity contribution >= 4 is 56.4 Å². The largest absolute Gasteiger partial charge is 0.379 e. The molecule has 1 nitrogen and oxygen atoms in total. The maximum absolute atomic E-state index is 13.1. The molecule has 0 saturated heterocycles. The number of halogens is 5. The van der Waals surface area contributed by atoms with Crippen LogP contribution in [0.15, 0.2) is 34.8 Å². The Bertz CT molecular complexity index is 596. The molecule has 0 saturated carbocycles. The Labute approximate surface area is 133 Å². The van der Waals surface area contributed by atoms with E-state index < -0.39 is 5.82 Å². The second-order valence-corrected chi connectivity index (χ2v) is 5.94. The van der Waals surface area contributed by atoms with Crippen LogP contribution in [0.4, 0.5) is 10.1 Å². The third-order valence-corrected chi connectivity index (χ3v) is 3.99. The van der Waals surface area contributed by atoms with Gasteiger partial charge in [-0.25, -0.2) is 4.39 Å². The summed E-state index contributed by atoms with van der Waals surface area (Å²) in [7, 11) is 0. The lowest BCUT2D eigenvalue weighted by molar-refractivity contribution is 0.627. The molecule has 0 atom stereocenters. The summed E-state index contributed by atoms with van der Waals surface area (Å²) in [5.41, 5.74) is 1.49. The van der Waals surface area contributed by atoms with Crippen LogP contribution in [0.3, 0.4) is 0 Å². The zero-order valence-corrected chi connectivity index (χ0v) is 13.3. The molecular formula is C13H8BrCl3FN. The van der Waals surface area contributed by atoms with Crippen molar-refractivity contribution in [3.8, 4) is 0 Å². The molecule has 100 valence electrons. The lowest BCUT2D eigenvalue weighted by atomic mass is 10.2. The second kappa shape index (κ2) is 6.31. The van der Waals surface area contributed by atoms with E-state index in [1.165, 1.54) is 12.1 Å². The summed E-state index contributed by atoms with van der Waals surface area (Å²) in [6, 6.07) is 7.84. The van der Waals surface area contributed by atoms with E-state index in [2.05, 4.69) is 21.2 Å². The van der Waals surface area contributed by atoms with Gasteiger partial charge in [0.25, 0.3) is 0 Å². The van der Waals surface area contributed by atoms with E-state index in [4.69, 9.17) is 34.8 Å². The molecule has 0 aliphatic rings. The van der Waals surface area contributed by atoms with Gasteiger partial charge >= 0.3 is 0 Å². The third-order valence-electron chi connectivity index (χ3n) is 2.48. The highest BCUT2D eigenvalue weighted by atomic mass is 79.9. The zero-order valence-electron chi connectivity index (χ0n) is 9.48.